The molecule has 0 aliphatic carbocycles. The molecule has 1 aromatic heterocycles. The summed E-state index contributed by atoms with van der Waals surface area (Å²) in [6, 6.07) is 16.1. The summed E-state index contributed by atoms with van der Waals surface area (Å²) < 4.78 is 0.869. The van der Waals surface area contributed by atoms with E-state index < -0.39 is 0 Å². The Balaban J connectivity index is 1.49. The van der Waals surface area contributed by atoms with Gasteiger partial charge in [-0.1, -0.05) is 30.3 Å². The van der Waals surface area contributed by atoms with Gasteiger partial charge >= 0.3 is 0 Å². The van der Waals surface area contributed by atoms with E-state index in [1.165, 1.54) is 16.5 Å². The van der Waals surface area contributed by atoms with E-state index >= 15 is 0 Å². The number of fused-ring (bicyclic) bond motifs is 1. The van der Waals surface area contributed by atoms with Crippen molar-refractivity contribution < 1.29 is 4.79 Å². The fraction of sp³-hybridized carbons (Fsp3) is 0.250. The number of hydrogen-bond acceptors (Lipinski definition) is 1. The minimum atomic E-state index is 0.125. The van der Waals surface area contributed by atoms with Crippen LogP contribution in [-0.2, 0) is 0 Å². The lowest BCUT2D eigenvalue weighted by Gasteiger charge is -2.32. The number of rotatable bonds is 2. The minimum Gasteiger partial charge on any atom is -0.361 e. The second-order valence-electron chi connectivity index (χ2n) is 6.34. The highest BCUT2D eigenvalue weighted by molar-refractivity contribution is 9.10. The summed E-state index contributed by atoms with van der Waals surface area (Å²) in [5.74, 6) is 0.643. The normalized spacial score (nSPS) is 15.8. The Morgan fingerprint density at radius 3 is 2.54 bits per heavy atom. The molecule has 1 aliphatic heterocycles. The van der Waals surface area contributed by atoms with Gasteiger partial charge in [-0.2, -0.15) is 0 Å². The Kier molecular flexibility index (Phi) is 4.15. The van der Waals surface area contributed by atoms with E-state index in [9.17, 15) is 4.79 Å². The molecule has 0 spiro atoms. The molecule has 3 nitrogen and oxygen atoms in total. The Hall–Kier alpha value is -2.07. The van der Waals surface area contributed by atoms with E-state index in [0.717, 1.165) is 36.0 Å². The predicted molar refractivity (Wildman–Crippen MR) is 100 cm³/mol. The maximum Gasteiger partial charge on any atom is 0.254 e. The van der Waals surface area contributed by atoms with Crippen LogP contribution in [0.25, 0.3) is 10.9 Å². The molecule has 0 bridgehead atoms. The Morgan fingerprint density at radius 2 is 1.75 bits per heavy atom. The number of nitrogens with zero attached hydrogens (tertiary/aromatic N) is 1. The first-order chi connectivity index (χ1) is 11.7. The van der Waals surface area contributed by atoms with Crippen molar-refractivity contribution in [1.29, 1.82) is 0 Å². The zero-order valence-electron chi connectivity index (χ0n) is 13.3. The summed E-state index contributed by atoms with van der Waals surface area (Å²) in [5, 5.41) is 1.31. The first-order valence-electron chi connectivity index (χ1n) is 8.34. The molecule has 0 atom stereocenters. The third kappa shape index (κ3) is 2.75. The van der Waals surface area contributed by atoms with Gasteiger partial charge in [-0.3, -0.25) is 4.79 Å². The van der Waals surface area contributed by atoms with Crippen molar-refractivity contribution in [1.82, 2.24) is 9.88 Å². The molecule has 4 rings (SSSR count). The molecule has 0 radical (unpaired) electrons. The summed E-state index contributed by atoms with van der Waals surface area (Å²) in [6.07, 6.45) is 4.16. The van der Waals surface area contributed by atoms with Crippen LogP contribution in [0, 0.1) is 0 Å². The fourth-order valence-electron chi connectivity index (χ4n) is 3.63. The third-order valence-electron chi connectivity index (χ3n) is 4.95. The van der Waals surface area contributed by atoms with Crippen LogP contribution in [0.5, 0.6) is 0 Å². The molecular formula is C20H19BrN2O. The molecule has 122 valence electrons. The summed E-state index contributed by atoms with van der Waals surface area (Å²) in [7, 11) is 0. The van der Waals surface area contributed by atoms with Gasteiger partial charge in [0.05, 0.1) is 5.56 Å². The highest BCUT2D eigenvalue weighted by atomic mass is 79.9. The topological polar surface area (TPSA) is 36.1 Å². The number of para-hydroxylation sites is 1. The molecule has 1 saturated heterocycles. The number of piperidine rings is 1. The Bertz CT molecular complexity index is 878. The molecular weight excluding hydrogens is 364 g/mol. The van der Waals surface area contributed by atoms with E-state index in [4.69, 9.17) is 0 Å². The van der Waals surface area contributed by atoms with Gasteiger partial charge < -0.3 is 9.88 Å². The highest BCUT2D eigenvalue weighted by Crippen LogP contribution is 2.33. The largest absolute Gasteiger partial charge is 0.361 e. The van der Waals surface area contributed by atoms with E-state index in [-0.39, 0.29) is 5.91 Å². The number of amides is 1. The number of halogens is 1. The smallest absolute Gasteiger partial charge is 0.254 e. The van der Waals surface area contributed by atoms with Gasteiger partial charge in [0, 0.05) is 34.7 Å². The lowest BCUT2D eigenvalue weighted by molar-refractivity contribution is 0.0712. The molecule has 2 heterocycles. The van der Waals surface area contributed by atoms with Crippen LogP contribution in [0.3, 0.4) is 0 Å². The van der Waals surface area contributed by atoms with Crippen molar-refractivity contribution in [2.75, 3.05) is 13.1 Å². The first kappa shape index (κ1) is 15.5. The Morgan fingerprint density at radius 1 is 1.04 bits per heavy atom. The molecule has 24 heavy (non-hydrogen) atoms. The molecule has 0 saturated carbocycles. The molecule has 3 aromatic rings. The molecule has 1 fully saturated rings. The maximum atomic E-state index is 12.7. The monoisotopic (exact) mass is 382 g/mol. The molecule has 2 aromatic carbocycles. The van der Waals surface area contributed by atoms with Crippen LogP contribution in [0.2, 0.25) is 0 Å². The number of aromatic nitrogens is 1. The molecule has 0 unspecified atom stereocenters. The molecule has 4 heteroatoms. The predicted octanol–water partition coefficient (Wildman–Crippen LogP) is 4.95. The standard InChI is InChI=1S/C20H19BrN2O/c21-18-7-3-1-6-16(18)20(24)23-11-9-14(10-12-23)17-13-22-19-8-4-2-5-15(17)19/h1-8,13-14,22H,9-12H2. The number of benzene rings is 2. The second kappa shape index (κ2) is 6.44. The van der Waals surface area contributed by atoms with Crippen LogP contribution in [0.15, 0.2) is 59.2 Å². The van der Waals surface area contributed by atoms with Gasteiger partial charge in [-0.05, 0) is 58.5 Å². The third-order valence-corrected chi connectivity index (χ3v) is 5.64. The molecule has 1 aliphatic rings. The summed E-state index contributed by atoms with van der Waals surface area (Å²) in [5.41, 5.74) is 3.33. The number of hydrogen-bond donors (Lipinski definition) is 1. The highest BCUT2D eigenvalue weighted by Gasteiger charge is 2.26. The number of nitrogens with one attached hydrogen (secondary N) is 1. The minimum absolute atomic E-state index is 0.125. The second-order valence-corrected chi connectivity index (χ2v) is 7.19. The van der Waals surface area contributed by atoms with Crippen LogP contribution in [-0.4, -0.2) is 28.9 Å². The number of likely N-dealkylation sites (tertiary alicyclic amines) is 1. The summed E-state index contributed by atoms with van der Waals surface area (Å²) in [6.45, 7) is 1.62. The van der Waals surface area contributed by atoms with Crippen molar-refractivity contribution in [2.45, 2.75) is 18.8 Å². The zero-order valence-corrected chi connectivity index (χ0v) is 14.9. The van der Waals surface area contributed by atoms with Crippen LogP contribution in [0.4, 0.5) is 0 Å². The maximum absolute atomic E-state index is 12.7. The lowest BCUT2D eigenvalue weighted by Crippen LogP contribution is -2.38. The number of carbonyl (C=O) groups excluding carboxylic acids is 1. The molecule has 1 amide bonds. The van der Waals surface area contributed by atoms with Gasteiger partial charge in [0.15, 0.2) is 0 Å². The van der Waals surface area contributed by atoms with Gasteiger partial charge in [0.2, 0.25) is 0 Å². The van der Waals surface area contributed by atoms with Gasteiger partial charge in [-0.15, -0.1) is 0 Å². The summed E-state index contributed by atoms with van der Waals surface area (Å²) >= 11 is 3.48. The van der Waals surface area contributed by atoms with Crippen LogP contribution in [0.1, 0.15) is 34.7 Å². The SMILES string of the molecule is O=C(c1ccccc1Br)N1CCC(c2c[nH]c3ccccc23)CC1. The summed E-state index contributed by atoms with van der Waals surface area (Å²) in [4.78, 5) is 18.1. The van der Waals surface area contributed by atoms with Crippen LogP contribution < -0.4 is 0 Å². The average molecular weight is 383 g/mol. The quantitative estimate of drug-likeness (QED) is 0.668. The first-order valence-corrected chi connectivity index (χ1v) is 9.13. The zero-order chi connectivity index (χ0) is 16.5. The number of aromatic amines is 1. The fourth-order valence-corrected chi connectivity index (χ4v) is 4.08. The average Bonchev–Trinajstić information content (AvgIpc) is 3.06. The molecule has 1 N–H and O–H groups in total. The van der Waals surface area contributed by atoms with E-state index in [0.29, 0.717) is 5.92 Å². The van der Waals surface area contributed by atoms with Gasteiger partial charge in [0.25, 0.3) is 5.91 Å². The van der Waals surface area contributed by atoms with Crippen LogP contribution >= 0.6 is 15.9 Å². The van der Waals surface area contributed by atoms with Crippen molar-refractivity contribution in [3.63, 3.8) is 0 Å². The van der Waals surface area contributed by atoms with Crippen molar-refractivity contribution in [3.8, 4) is 0 Å². The van der Waals surface area contributed by atoms with Crippen molar-refractivity contribution in [3.05, 3.63) is 70.3 Å². The van der Waals surface area contributed by atoms with Crippen molar-refractivity contribution in [2.24, 2.45) is 0 Å². The number of H-pyrrole nitrogens is 1. The van der Waals surface area contributed by atoms with E-state index in [1.54, 1.807) is 0 Å². The lowest BCUT2D eigenvalue weighted by atomic mass is 9.89. The van der Waals surface area contributed by atoms with E-state index in [1.807, 2.05) is 29.2 Å². The van der Waals surface area contributed by atoms with E-state index in [2.05, 4.69) is 51.4 Å². The van der Waals surface area contributed by atoms with Crippen molar-refractivity contribution >= 4 is 32.7 Å². The van der Waals surface area contributed by atoms with Gasteiger partial charge in [0.1, 0.15) is 0 Å². The Labute approximate surface area is 149 Å². The number of carbonyl (C=O) groups is 1. The van der Waals surface area contributed by atoms with Gasteiger partial charge in [-0.25, -0.2) is 0 Å².